The van der Waals surface area contributed by atoms with Gasteiger partial charge in [0.25, 0.3) is 0 Å². The Bertz CT molecular complexity index is 399. The first-order valence-corrected chi connectivity index (χ1v) is 6.11. The molecular weight excluding hydrogens is 214 g/mol. The molecule has 0 unspecified atom stereocenters. The summed E-state index contributed by atoms with van der Waals surface area (Å²) in [5.74, 6) is 0.640. The van der Waals surface area contributed by atoms with Crippen LogP contribution >= 0.6 is 0 Å². The van der Waals surface area contributed by atoms with Gasteiger partial charge in [-0.3, -0.25) is 0 Å². The number of para-hydroxylation sites is 1. The highest BCUT2D eigenvalue weighted by Crippen LogP contribution is 2.33. The van der Waals surface area contributed by atoms with Crippen LogP contribution in [0.4, 0.5) is 5.69 Å². The number of methoxy groups -OCH3 is 1. The predicted molar refractivity (Wildman–Crippen MR) is 68.4 cm³/mol. The van der Waals surface area contributed by atoms with E-state index in [1.807, 2.05) is 31.3 Å². The zero-order valence-corrected chi connectivity index (χ0v) is 10.5. The molecule has 0 radical (unpaired) electrons. The van der Waals surface area contributed by atoms with Gasteiger partial charge in [-0.2, -0.15) is 0 Å². The lowest BCUT2D eigenvalue weighted by atomic mass is 10.1. The Labute approximate surface area is 102 Å². The Hall–Kier alpha value is -1.51. The maximum Gasteiger partial charge on any atom is 0.339 e. The number of hydrogen-bond acceptors (Lipinski definition) is 3. The Kier molecular flexibility index (Phi) is 3.67. The Morgan fingerprint density at radius 3 is 2.76 bits per heavy atom. The van der Waals surface area contributed by atoms with Crippen molar-refractivity contribution in [2.24, 2.45) is 5.92 Å². The van der Waals surface area contributed by atoms with Crippen LogP contribution in [0.1, 0.15) is 29.6 Å². The summed E-state index contributed by atoms with van der Waals surface area (Å²) >= 11 is 0. The number of hydrogen-bond donors (Lipinski definition) is 0. The standard InChI is InChI=1S/C14H19NO2/c1-15(10-9-11-7-8-11)13-6-4-3-5-12(13)14(16)17-2/h3-6,11H,7-10H2,1-2H3. The van der Waals surface area contributed by atoms with Crippen LogP contribution in [0.25, 0.3) is 0 Å². The second-order valence-corrected chi connectivity index (χ2v) is 4.66. The van der Waals surface area contributed by atoms with Crippen LogP contribution in [0, 0.1) is 5.92 Å². The van der Waals surface area contributed by atoms with Crippen molar-refractivity contribution in [2.45, 2.75) is 19.3 Å². The number of ether oxygens (including phenoxy) is 1. The quantitative estimate of drug-likeness (QED) is 0.732. The first-order valence-electron chi connectivity index (χ1n) is 6.11. The van der Waals surface area contributed by atoms with Crippen LogP contribution in [0.15, 0.2) is 24.3 Å². The van der Waals surface area contributed by atoms with Gasteiger partial charge in [0.2, 0.25) is 0 Å². The molecule has 1 aromatic rings. The maximum atomic E-state index is 11.6. The van der Waals surface area contributed by atoms with E-state index < -0.39 is 0 Å². The van der Waals surface area contributed by atoms with Gasteiger partial charge in [-0.1, -0.05) is 25.0 Å². The van der Waals surface area contributed by atoms with Crippen LogP contribution < -0.4 is 4.90 Å². The van der Waals surface area contributed by atoms with E-state index in [2.05, 4.69) is 4.90 Å². The van der Waals surface area contributed by atoms with Gasteiger partial charge >= 0.3 is 5.97 Å². The SMILES string of the molecule is COC(=O)c1ccccc1N(C)CCC1CC1. The third kappa shape index (κ3) is 2.99. The highest BCUT2D eigenvalue weighted by Gasteiger charge is 2.22. The summed E-state index contributed by atoms with van der Waals surface area (Å²) in [6.45, 7) is 0.999. The van der Waals surface area contributed by atoms with Crippen molar-refractivity contribution in [1.82, 2.24) is 0 Å². The summed E-state index contributed by atoms with van der Waals surface area (Å²) < 4.78 is 4.80. The molecule has 0 amide bonds. The van der Waals surface area contributed by atoms with Crippen molar-refractivity contribution < 1.29 is 9.53 Å². The van der Waals surface area contributed by atoms with E-state index >= 15 is 0 Å². The minimum atomic E-state index is -0.265. The zero-order valence-electron chi connectivity index (χ0n) is 10.5. The third-order valence-corrected chi connectivity index (χ3v) is 3.29. The molecule has 0 N–H and O–H groups in total. The van der Waals surface area contributed by atoms with Crippen LogP contribution in [0.2, 0.25) is 0 Å². The fourth-order valence-corrected chi connectivity index (χ4v) is 1.99. The van der Waals surface area contributed by atoms with E-state index in [-0.39, 0.29) is 5.97 Å². The molecule has 0 saturated heterocycles. The van der Waals surface area contributed by atoms with E-state index in [0.29, 0.717) is 5.56 Å². The van der Waals surface area contributed by atoms with Crippen molar-refractivity contribution in [3.63, 3.8) is 0 Å². The Morgan fingerprint density at radius 1 is 1.41 bits per heavy atom. The fraction of sp³-hybridized carbons (Fsp3) is 0.500. The second-order valence-electron chi connectivity index (χ2n) is 4.66. The largest absolute Gasteiger partial charge is 0.465 e. The molecule has 92 valence electrons. The summed E-state index contributed by atoms with van der Waals surface area (Å²) in [7, 11) is 3.45. The molecule has 0 atom stereocenters. The number of rotatable bonds is 5. The average Bonchev–Trinajstić information content (AvgIpc) is 3.19. The molecule has 1 saturated carbocycles. The topological polar surface area (TPSA) is 29.5 Å². The Morgan fingerprint density at radius 2 is 2.12 bits per heavy atom. The summed E-state index contributed by atoms with van der Waals surface area (Å²) in [5, 5.41) is 0. The molecule has 0 spiro atoms. The molecule has 1 fully saturated rings. The molecule has 3 nitrogen and oxygen atoms in total. The predicted octanol–water partition coefficient (Wildman–Crippen LogP) is 2.71. The lowest BCUT2D eigenvalue weighted by Crippen LogP contribution is -2.21. The van der Waals surface area contributed by atoms with Gasteiger partial charge in [0.15, 0.2) is 0 Å². The van der Waals surface area contributed by atoms with E-state index in [9.17, 15) is 4.79 Å². The lowest BCUT2D eigenvalue weighted by molar-refractivity contribution is 0.0601. The minimum Gasteiger partial charge on any atom is -0.465 e. The molecule has 0 aromatic heterocycles. The number of benzene rings is 1. The lowest BCUT2D eigenvalue weighted by Gasteiger charge is -2.21. The zero-order chi connectivity index (χ0) is 12.3. The summed E-state index contributed by atoms with van der Waals surface area (Å²) in [6.07, 6.45) is 3.95. The van der Waals surface area contributed by atoms with E-state index in [1.165, 1.54) is 26.4 Å². The summed E-state index contributed by atoms with van der Waals surface area (Å²) in [4.78, 5) is 13.8. The van der Waals surface area contributed by atoms with Crippen molar-refractivity contribution in [3.05, 3.63) is 29.8 Å². The van der Waals surface area contributed by atoms with Crippen LogP contribution in [-0.2, 0) is 4.74 Å². The number of carbonyl (C=O) groups excluding carboxylic acids is 1. The first kappa shape index (κ1) is 12.0. The van der Waals surface area contributed by atoms with Gasteiger partial charge in [-0.05, 0) is 24.5 Å². The van der Waals surface area contributed by atoms with Gasteiger partial charge in [-0.25, -0.2) is 4.79 Å². The first-order chi connectivity index (χ1) is 8.22. The highest BCUT2D eigenvalue weighted by molar-refractivity contribution is 5.95. The van der Waals surface area contributed by atoms with E-state index in [0.717, 1.165) is 18.2 Å². The van der Waals surface area contributed by atoms with Crippen molar-refractivity contribution in [2.75, 3.05) is 25.6 Å². The van der Waals surface area contributed by atoms with Crippen molar-refractivity contribution in [1.29, 1.82) is 0 Å². The van der Waals surface area contributed by atoms with Crippen molar-refractivity contribution in [3.8, 4) is 0 Å². The van der Waals surface area contributed by atoms with Gasteiger partial charge in [0.05, 0.1) is 18.4 Å². The fourth-order valence-electron chi connectivity index (χ4n) is 1.99. The van der Waals surface area contributed by atoms with Crippen LogP contribution in [0.5, 0.6) is 0 Å². The van der Waals surface area contributed by atoms with E-state index in [4.69, 9.17) is 4.74 Å². The number of esters is 1. The minimum absolute atomic E-state index is 0.265. The molecule has 1 aromatic carbocycles. The Balaban J connectivity index is 2.08. The number of anilines is 1. The highest BCUT2D eigenvalue weighted by atomic mass is 16.5. The van der Waals surface area contributed by atoms with Gasteiger partial charge < -0.3 is 9.64 Å². The molecule has 1 aliphatic carbocycles. The monoisotopic (exact) mass is 233 g/mol. The molecule has 0 bridgehead atoms. The number of carbonyl (C=O) groups is 1. The summed E-state index contributed by atoms with van der Waals surface area (Å²) in [6, 6.07) is 7.60. The number of nitrogens with zero attached hydrogens (tertiary/aromatic N) is 1. The third-order valence-electron chi connectivity index (χ3n) is 3.29. The second kappa shape index (κ2) is 5.21. The van der Waals surface area contributed by atoms with Crippen LogP contribution in [0.3, 0.4) is 0 Å². The average molecular weight is 233 g/mol. The van der Waals surface area contributed by atoms with Crippen LogP contribution in [-0.4, -0.2) is 26.7 Å². The van der Waals surface area contributed by atoms with E-state index in [1.54, 1.807) is 0 Å². The normalized spacial score (nSPS) is 14.5. The molecule has 2 rings (SSSR count). The van der Waals surface area contributed by atoms with Gasteiger partial charge in [0, 0.05) is 13.6 Å². The maximum absolute atomic E-state index is 11.6. The molecule has 17 heavy (non-hydrogen) atoms. The van der Waals surface area contributed by atoms with Gasteiger partial charge in [0.1, 0.15) is 0 Å². The smallest absolute Gasteiger partial charge is 0.339 e. The molecule has 3 heteroatoms. The van der Waals surface area contributed by atoms with Gasteiger partial charge in [-0.15, -0.1) is 0 Å². The molecule has 0 aliphatic heterocycles. The molecule has 1 aliphatic rings. The molecule has 0 heterocycles. The van der Waals surface area contributed by atoms with Crippen molar-refractivity contribution >= 4 is 11.7 Å². The summed E-state index contributed by atoms with van der Waals surface area (Å²) in [5.41, 5.74) is 1.60. The molecular formula is C14H19NO2.